The van der Waals surface area contributed by atoms with Crippen LogP contribution in [0.25, 0.3) is 11.9 Å². The van der Waals surface area contributed by atoms with Crippen LogP contribution in [0.2, 0.25) is 0 Å². The largest absolute Gasteiger partial charge is 0.459 e. The second-order valence-corrected chi connectivity index (χ2v) is 11.6. The molecule has 1 aromatic heterocycles. The van der Waals surface area contributed by atoms with Crippen LogP contribution in [0, 0.1) is 17.1 Å². The molecule has 1 aliphatic heterocycles. The smallest absolute Gasteiger partial charge is 0.358 e. The molecule has 0 fully saturated rings. The Morgan fingerprint density at radius 3 is 2.26 bits per heavy atom. The first-order valence-electron chi connectivity index (χ1n) is 12.6. The summed E-state index contributed by atoms with van der Waals surface area (Å²) in [6, 6.07) is 4.99. The maximum atomic E-state index is 15.7. The zero-order chi connectivity index (χ0) is 31.8. The number of nitrogens with two attached hydrogens (primary N) is 1. The van der Waals surface area contributed by atoms with Crippen LogP contribution in [0.3, 0.4) is 0 Å². The number of halogens is 4. The summed E-state index contributed by atoms with van der Waals surface area (Å²) in [5.74, 6) is -8.01. The number of amidine groups is 1. The maximum Gasteiger partial charge on any atom is 0.358 e. The number of nitriles is 1. The average molecular weight is 591 g/mol. The van der Waals surface area contributed by atoms with Gasteiger partial charge in [0.2, 0.25) is 0 Å². The molecule has 13 heteroatoms. The van der Waals surface area contributed by atoms with Gasteiger partial charge in [0.25, 0.3) is 6.02 Å². The number of carbonyl (C=O) groups excluding carboxylic acids is 2. The Hall–Kier alpha value is -4.47. The van der Waals surface area contributed by atoms with Gasteiger partial charge >= 0.3 is 17.9 Å². The number of carbonyl (C=O) groups is 2. The third kappa shape index (κ3) is 6.87. The number of nitrogens with zero attached hydrogens (tertiary/aromatic N) is 3. The van der Waals surface area contributed by atoms with Crippen LogP contribution >= 0.6 is 0 Å². The first-order valence-corrected chi connectivity index (χ1v) is 12.6. The zero-order valence-electron chi connectivity index (χ0n) is 24.1. The van der Waals surface area contributed by atoms with Crippen molar-refractivity contribution in [3.05, 3.63) is 63.7 Å². The molecule has 0 aliphatic carbocycles. The van der Waals surface area contributed by atoms with E-state index >= 15 is 4.39 Å². The quantitative estimate of drug-likeness (QED) is 0.348. The normalized spacial score (nSPS) is 18.8. The van der Waals surface area contributed by atoms with Gasteiger partial charge in [0, 0.05) is 5.56 Å². The number of hydrogen-bond donors (Lipinski definition) is 1. The molecule has 2 N–H and O–H groups in total. The Bertz CT molecular complexity index is 1480. The number of esters is 2. The summed E-state index contributed by atoms with van der Waals surface area (Å²) in [6.07, 6.45) is 0.822. The highest BCUT2D eigenvalue weighted by Gasteiger charge is 2.56. The summed E-state index contributed by atoms with van der Waals surface area (Å²) in [7, 11) is 0. The van der Waals surface area contributed by atoms with Crippen molar-refractivity contribution >= 4 is 29.9 Å². The lowest BCUT2D eigenvalue weighted by Crippen LogP contribution is -2.51. The number of pyridine rings is 1. The van der Waals surface area contributed by atoms with Gasteiger partial charge in [-0.2, -0.15) is 14.0 Å². The van der Waals surface area contributed by atoms with Crippen molar-refractivity contribution in [1.29, 1.82) is 5.26 Å². The van der Waals surface area contributed by atoms with Gasteiger partial charge in [-0.25, -0.2) is 28.3 Å². The molecule has 0 saturated carbocycles. The minimum atomic E-state index is -3.67. The van der Waals surface area contributed by atoms with Gasteiger partial charge in [-0.1, -0.05) is 6.07 Å². The van der Waals surface area contributed by atoms with E-state index in [1.165, 1.54) is 0 Å². The predicted molar refractivity (Wildman–Crippen MR) is 145 cm³/mol. The van der Waals surface area contributed by atoms with Crippen molar-refractivity contribution in [3.8, 4) is 6.07 Å². The lowest BCUT2D eigenvalue weighted by atomic mass is 9.84. The molecule has 0 radical (unpaired) electrons. The zero-order valence-corrected chi connectivity index (χ0v) is 24.1. The monoisotopic (exact) mass is 590 g/mol. The summed E-state index contributed by atoms with van der Waals surface area (Å²) in [5.41, 5.74) is -1.88. The molecule has 0 spiro atoms. The molecule has 224 valence electrons. The molecule has 0 bridgehead atoms. The van der Waals surface area contributed by atoms with Crippen molar-refractivity contribution < 1.29 is 41.4 Å². The molecule has 3 rings (SSSR count). The first-order chi connectivity index (χ1) is 19.2. The fourth-order valence-corrected chi connectivity index (χ4v) is 3.87. The van der Waals surface area contributed by atoms with Crippen LogP contribution in [-0.4, -0.2) is 46.7 Å². The summed E-state index contributed by atoms with van der Waals surface area (Å²) in [6.45, 7) is 9.20. The second kappa shape index (κ2) is 11.1. The number of rotatable bonds is 5. The number of aliphatic imine (C=N–C) groups is 1. The van der Waals surface area contributed by atoms with E-state index in [-0.39, 0.29) is 5.56 Å². The van der Waals surface area contributed by atoms with Crippen molar-refractivity contribution in [1.82, 2.24) is 4.98 Å². The highest BCUT2D eigenvalue weighted by Crippen LogP contribution is 2.44. The van der Waals surface area contributed by atoms with Gasteiger partial charge in [0.05, 0.1) is 11.1 Å². The minimum Gasteiger partial charge on any atom is -0.459 e. The van der Waals surface area contributed by atoms with Crippen molar-refractivity contribution in [2.24, 2.45) is 10.7 Å². The Balaban J connectivity index is 2.20. The van der Waals surface area contributed by atoms with Crippen LogP contribution in [0.1, 0.15) is 91.7 Å². The topological polar surface area (TPSA) is 137 Å². The van der Waals surface area contributed by atoms with E-state index in [4.69, 9.17) is 15.2 Å². The minimum absolute atomic E-state index is 0.0926. The van der Waals surface area contributed by atoms with Gasteiger partial charge < -0.3 is 19.9 Å². The molecule has 1 atom stereocenters. The van der Waals surface area contributed by atoms with Gasteiger partial charge in [0.15, 0.2) is 17.8 Å². The molecular formula is C29H30F4N4O5. The number of aromatic nitrogens is 1. The van der Waals surface area contributed by atoms with Crippen LogP contribution in [0.4, 0.5) is 17.6 Å². The van der Waals surface area contributed by atoms with Gasteiger partial charge in [-0.3, -0.25) is 0 Å². The number of hydrogen-bond acceptors (Lipinski definition) is 9. The fraction of sp³-hybridized carbons (Fsp3) is 0.414. The highest BCUT2D eigenvalue weighted by molar-refractivity contribution is 5.99. The molecule has 1 aromatic carbocycles. The standard InChI is InChI=1S/C29H30F4N4O5/c1-26(2,3)41-23(38)16-12-21(36-22(17(16)13-34)24(39)42-27(4,5)6)20(31)11-15-8-9-19(30)18(10-15)28(7)29(32,33)14-40-25(35)37-28/h8-12H,14H2,1-7H3,(H2,35,37). The summed E-state index contributed by atoms with van der Waals surface area (Å²) in [4.78, 5) is 33.5. The molecule has 1 unspecified atom stereocenters. The third-order valence-electron chi connectivity index (χ3n) is 5.84. The SMILES string of the molecule is CC(C)(C)OC(=O)c1cc(C(F)=Cc2ccc(F)c(C3(C)N=C(N)OCC3(F)F)c2)nc(C(=O)OC(C)(C)C)c1C#N. The Morgan fingerprint density at radius 2 is 1.69 bits per heavy atom. The lowest BCUT2D eigenvalue weighted by Gasteiger charge is -2.37. The van der Waals surface area contributed by atoms with E-state index in [9.17, 15) is 28.0 Å². The molecule has 42 heavy (non-hydrogen) atoms. The molecule has 9 nitrogen and oxygen atoms in total. The summed E-state index contributed by atoms with van der Waals surface area (Å²) >= 11 is 0. The van der Waals surface area contributed by atoms with E-state index in [1.54, 1.807) is 47.6 Å². The van der Waals surface area contributed by atoms with Crippen LogP contribution < -0.4 is 5.73 Å². The van der Waals surface area contributed by atoms with Gasteiger partial charge in [-0.05, 0) is 78.3 Å². The second-order valence-electron chi connectivity index (χ2n) is 11.6. The van der Waals surface area contributed by atoms with E-state index in [2.05, 4.69) is 14.7 Å². The molecule has 0 saturated heterocycles. The highest BCUT2D eigenvalue weighted by atomic mass is 19.3. The number of ether oxygens (including phenoxy) is 3. The number of benzene rings is 1. The van der Waals surface area contributed by atoms with Gasteiger partial charge in [-0.15, -0.1) is 0 Å². The lowest BCUT2D eigenvalue weighted by molar-refractivity contribution is -0.117. The molecule has 2 aromatic rings. The Kier molecular flexibility index (Phi) is 8.45. The molecule has 1 aliphatic rings. The van der Waals surface area contributed by atoms with Crippen molar-refractivity contribution in [2.75, 3.05) is 6.61 Å². The average Bonchev–Trinajstić information content (AvgIpc) is 2.84. The molecule has 2 heterocycles. The summed E-state index contributed by atoms with van der Waals surface area (Å²) in [5, 5.41) is 9.78. The van der Waals surface area contributed by atoms with Crippen LogP contribution in [-0.2, 0) is 19.7 Å². The Morgan fingerprint density at radius 1 is 1.10 bits per heavy atom. The fourth-order valence-electron chi connectivity index (χ4n) is 3.87. The first kappa shape index (κ1) is 32.0. The number of alkyl halides is 2. The van der Waals surface area contributed by atoms with Crippen LogP contribution in [0.15, 0.2) is 29.3 Å². The van der Waals surface area contributed by atoms with E-state index in [0.717, 1.165) is 37.3 Å². The van der Waals surface area contributed by atoms with Crippen molar-refractivity contribution in [2.45, 2.75) is 71.1 Å². The predicted octanol–water partition coefficient (Wildman–Crippen LogP) is 5.67. The third-order valence-corrected chi connectivity index (χ3v) is 5.84. The van der Waals surface area contributed by atoms with Crippen molar-refractivity contribution in [3.63, 3.8) is 0 Å². The van der Waals surface area contributed by atoms with E-state index < -0.39 is 87.0 Å². The van der Waals surface area contributed by atoms with Gasteiger partial charge in [0.1, 0.15) is 34.6 Å². The van der Waals surface area contributed by atoms with E-state index in [1.807, 2.05) is 0 Å². The van der Waals surface area contributed by atoms with Crippen LogP contribution in [0.5, 0.6) is 0 Å². The molecular weight excluding hydrogens is 560 g/mol. The molecule has 0 amide bonds. The maximum absolute atomic E-state index is 15.7. The Labute approximate surface area is 240 Å². The summed E-state index contributed by atoms with van der Waals surface area (Å²) < 4.78 is 75.4. The van der Waals surface area contributed by atoms with E-state index in [0.29, 0.717) is 0 Å².